The largest absolute Gasteiger partial charge is 0.477 e. The lowest BCUT2D eigenvalue weighted by molar-refractivity contribution is -0.464. The first kappa shape index (κ1) is 29.4. The van der Waals surface area contributed by atoms with Crippen molar-refractivity contribution in [3.05, 3.63) is 0 Å². The van der Waals surface area contributed by atoms with Crippen molar-refractivity contribution in [3.8, 4) is 0 Å². The fourth-order valence-electron chi connectivity index (χ4n) is 1.46. The highest BCUT2D eigenvalue weighted by Crippen LogP contribution is 2.65. The monoisotopic (exact) mass is 481 g/mol. The van der Waals surface area contributed by atoms with Crippen LogP contribution < -0.4 is 6.15 Å². The van der Waals surface area contributed by atoms with Crippen LogP contribution >= 0.6 is 0 Å². The van der Waals surface area contributed by atoms with Gasteiger partial charge in [-0.3, -0.25) is 0 Å². The SMILES string of the molecule is N.O=C(O)C(F)(F)C(F)(F)C(F)(F)C(F)(F)C(F)(F)C(F)(C(F)(F)F)C(F)(F)F. The third kappa shape index (κ3) is 3.41. The average molecular weight is 481 g/mol. The second-order valence-corrected chi connectivity index (χ2v) is 4.83. The van der Waals surface area contributed by atoms with E-state index >= 15 is 0 Å². The molecule has 0 bridgehead atoms. The van der Waals surface area contributed by atoms with Crippen LogP contribution in [0.2, 0.25) is 0 Å². The molecule has 0 rings (SSSR count). The summed E-state index contributed by atoms with van der Waals surface area (Å²) in [6.45, 7) is 0. The number of carboxylic acids is 1. The van der Waals surface area contributed by atoms with Gasteiger partial charge in [0.2, 0.25) is 0 Å². The summed E-state index contributed by atoms with van der Waals surface area (Å²) in [4.78, 5) is 9.78. The van der Waals surface area contributed by atoms with E-state index < -0.39 is 53.6 Å². The fraction of sp³-hybridized carbons (Fsp3) is 0.889. The molecular formula is C9H4F17NO2. The van der Waals surface area contributed by atoms with Crippen molar-refractivity contribution in [1.82, 2.24) is 6.15 Å². The zero-order valence-corrected chi connectivity index (χ0v) is 12.5. The first-order chi connectivity index (χ1) is 11.7. The Bertz CT molecular complexity index is 603. The molecule has 4 N–H and O–H groups in total. The van der Waals surface area contributed by atoms with Crippen LogP contribution in [0.5, 0.6) is 0 Å². The number of hydrogen-bond donors (Lipinski definition) is 2. The Morgan fingerprint density at radius 1 is 0.483 bits per heavy atom. The van der Waals surface area contributed by atoms with Gasteiger partial charge in [0, 0.05) is 0 Å². The molecule has 0 unspecified atom stereocenters. The van der Waals surface area contributed by atoms with Crippen molar-refractivity contribution >= 4 is 5.97 Å². The Labute approximate surface area is 146 Å². The van der Waals surface area contributed by atoms with Crippen molar-refractivity contribution in [1.29, 1.82) is 0 Å². The second-order valence-electron chi connectivity index (χ2n) is 4.83. The molecule has 0 aromatic rings. The molecule has 0 aromatic heterocycles. The third-order valence-corrected chi connectivity index (χ3v) is 3.06. The van der Waals surface area contributed by atoms with Crippen molar-refractivity contribution in [2.24, 2.45) is 0 Å². The van der Waals surface area contributed by atoms with Gasteiger partial charge in [-0.15, -0.1) is 0 Å². The van der Waals surface area contributed by atoms with E-state index in [1.165, 1.54) is 0 Å². The van der Waals surface area contributed by atoms with Gasteiger partial charge in [-0.1, -0.05) is 0 Å². The van der Waals surface area contributed by atoms with Gasteiger partial charge < -0.3 is 11.3 Å². The van der Waals surface area contributed by atoms with Gasteiger partial charge in [-0.2, -0.15) is 70.2 Å². The minimum atomic E-state index is -8.89. The maximum atomic E-state index is 13.1. The molecule has 20 heteroatoms. The summed E-state index contributed by atoms with van der Waals surface area (Å²) in [6.07, 6.45) is -16.4. The Balaban J connectivity index is 0. The van der Waals surface area contributed by atoms with Crippen LogP contribution in [0.15, 0.2) is 0 Å². The molecule has 0 saturated heterocycles. The summed E-state index contributed by atoms with van der Waals surface area (Å²) in [7, 11) is 0. The van der Waals surface area contributed by atoms with Crippen molar-refractivity contribution in [2.45, 2.75) is 47.6 Å². The highest BCUT2D eigenvalue weighted by atomic mass is 19.4. The molecule has 0 spiro atoms. The van der Waals surface area contributed by atoms with Gasteiger partial charge in [0.25, 0.3) is 0 Å². The first-order valence-corrected chi connectivity index (χ1v) is 5.64. The van der Waals surface area contributed by atoms with Gasteiger partial charge >= 0.3 is 53.6 Å². The van der Waals surface area contributed by atoms with E-state index in [0.29, 0.717) is 0 Å². The van der Waals surface area contributed by atoms with Gasteiger partial charge in [-0.25, -0.2) is 9.18 Å². The summed E-state index contributed by atoms with van der Waals surface area (Å²) in [5.41, 5.74) is -8.64. The highest BCUT2D eigenvalue weighted by Gasteiger charge is 2.97. The quantitative estimate of drug-likeness (QED) is 0.510. The van der Waals surface area contributed by atoms with E-state index in [1.807, 2.05) is 0 Å². The molecule has 0 radical (unpaired) electrons. The van der Waals surface area contributed by atoms with Crippen LogP contribution in [-0.4, -0.2) is 58.7 Å². The van der Waals surface area contributed by atoms with E-state index in [9.17, 15) is 79.4 Å². The molecule has 0 fully saturated rings. The number of halogens is 17. The number of carbonyl (C=O) groups is 1. The molecule has 176 valence electrons. The molecule has 0 aliphatic carbocycles. The average Bonchev–Trinajstić information content (AvgIpc) is 2.42. The van der Waals surface area contributed by atoms with Gasteiger partial charge in [0.15, 0.2) is 0 Å². The van der Waals surface area contributed by atoms with Crippen molar-refractivity contribution in [3.63, 3.8) is 0 Å². The van der Waals surface area contributed by atoms with Crippen LogP contribution in [-0.2, 0) is 4.79 Å². The van der Waals surface area contributed by atoms with Gasteiger partial charge in [0.1, 0.15) is 0 Å². The first-order valence-electron chi connectivity index (χ1n) is 5.64. The Morgan fingerprint density at radius 3 is 0.931 bits per heavy atom. The maximum Gasteiger partial charge on any atom is 0.438 e. The van der Waals surface area contributed by atoms with E-state index in [-0.39, 0.29) is 6.15 Å². The lowest BCUT2D eigenvalue weighted by Gasteiger charge is -2.43. The van der Waals surface area contributed by atoms with Crippen molar-refractivity contribution in [2.75, 3.05) is 0 Å². The van der Waals surface area contributed by atoms with E-state index in [1.54, 1.807) is 0 Å². The highest BCUT2D eigenvalue weighted by molar-refractivity contribution is 5.77. The molecule has 29 heavy (non-hydrogen) atoms. The van der Waals surface area contributed by atoms with Crippen LogP contribution in [0, 0.1) is 0 Å². The second kappa shape index (κ2) is 6.89. The summed E-state index contributed by atoms with van der Waals surface area (Å²) < 4.78 is 215. The minimum absolute atomic E-state index is 0. The number of hydrogen-bond acceptors (Lipinski definition) is 2. The Kier molecular flexibility index (Phi) is 7.00. The zero-order chi connectivity index (χ0) is 23.6. The van der Waals surface area contributed by atoms with Crippen LogP contribution in [0.4, 0.5) is 74.6 Å². The summed E-state index contributed by atoms with van der Waals surface area (Å²) in [5.74, 6) is -46.5. The summed E-state index contributed by atoms with van der Waals surface area (Å²) >= 11 is 0. The Morgan fingerprint density at radius 2 is 0.724 bits per heavy atom. The molecule has 0 saturated carbocycles. The van der Waals surface area contributed by atoms with Crippen LogP contribution in [0.1, 0.15) is 0 Å². The van der Waals surface area contributed by atoms with E-state index in [0.717, 1.165) is 0 Å². The molecule has 0 aliphatic rings. The number of alkyl halides is 17. The normalized spacial score (nSPS) is 15.8. The molecule has 3 nitrogen and oxygen atoms in total. The smallest absolute Gasteiger partial charge is 0.438 e. The topological polar surface area (TPSA) is 72.3 Å². The number of carboxylic acid groups (broad SMARTS) is 1. The molecule has 0 amide bonds. The predicted octanol–water partition coefficient (Wildman–Crippen LogP) is 5.24. The summed E-state index contributed by atoms with van der Waals surface area (Å²) in [5, 5.41) is 7.60. The van der Waals surface area contributed by atoms with Gasteiger partial charge in [0.05, 0.1) is 0 Å². The number of rotatable bonds is 6. The minimum Gasteiger partial charge on any atom is -0.477 e. The van der Waals surface area contributed by atoms with Gasteiger partial charge in [-0.05, 0) is 0 Å². The predicted molar refractivity (Wildman–Crippen MR) is 53.3 cm³/mol. The van der Waals surface area contributed by atoms with E-state index in [4.69, 9.17) is 5.11 Å². The maximum absolute atomic E-state index is 13.1. The number of aliphatic carboxylic acids is 1. The lowest BCUT2D eigenvalue weighted by atomic mass is 9.84. The lowest BCUT2D eigenvalue weighted by Crippen LogP contribution is -2.77. The molecule has 0 aliphatic heterocycles. The molecule has 0 heterocycles. The van der Waals surface area contributed by atoms with Crippen molar-refractivity contribution < 1.29 is 84.5 Å². The Hall–Kier alpha value is -1.76. The molecule has 0 aromatic carbocycles. The molecular weight excluding hydrogens is 477 g/mol. The van der Waals surface area contributed by atoms with E-state index in [2.05, 4.69) is 0 Å². The standard InChI is InChI=1S/C9HF17O2.H3N/c10-2(11,1(27)28)4(13,14)6(17,18)7(19,20)5(15,16)3(12,8(21,22)23)9(24,25)26;/h(H,27,28);1H3. The van der Waals surface area contributed by atoms with Crippen LogP contribution in [0.25, 0.3) is 0 Å². The van der Waals surface area contributed by atoms with Crippen LogP contribution in [0.3, 0.4) is 0 Å². The zero-order valence-electron chi connectivity index (χ0n) is 12.5. The summed E-state index contributed by atoms with van der Waals surface area (Å²) in [6, 6.07) is 0. The molecule has 0 atom stereocenters. The fourth-order valence-corrected chi connectivity index (χ4v) is 1.46. The third-order valence-electron chi connectivity index (χ3n) is 3.06.